The predicted molar refractivity (Wildman–Crippen MR) is 109 cm³/mol. The van der Waals surface area contributed by atoms with Crippen molar-refractivity contribution in [2.24, 2.45) is 4.99 Å². The van der Waals surface area contributed by atoms with Gasteiger partial charge in [-0.15, -0.1) is 11.3 Å². The second-order valence-corrected chi connectivity index (χ2v) is 7.98. The molecule has 1 fully saturated rings. The van der Waals surface area contributed by atoms with Crippen molar-refractivity contribution >= 4 is 34.7 Å². The lowest BCUT2D eigenvalue weighted by molar-refractivity contribution is -0.136. The van der Waals surface area contributed by atoms with Crippen LogP contribution in [0.25, 0.3) is 0 Å². The van der Waals surface area contributed by atoms with Crippen molar-refractivity contribution in [1.29, 1.82) is 0 Å². The van der Waals surface area contributed by atoms with Crippen molar-refractivity contribution in [2.45, 2.75) is 31.4 Å². The highest BCUT2D eigenvalue weighted by Gasteiger charge is 2.37. The first-order chi connectivity index (χ1) is 14.1. The molecule has 0 saturated carbocycles. The SMILES string of the molecule is COC(=O)C1=C(C2CCCCO2)NC(c2nccs2)=NC1c1ccc(F)cc1Cl. The Morgan fingerprint density at radius 3 is 2.93 bits per heavy atom. The minimum atomic E-state index is -0.767. The number of hydrogen-bond acceptors (Lipinski definition) is 7. The van der Waals surface area contributed by atoms with E-state index in [0.717, 1.165) is 19.3 Å². The molecule has 6 nitrogen and oxygen atoms in total. The van der Waals surface area contributed by atoms with Crippen LogP contribution in [0.15, 0.2) is 46.0 Å². The number of ether oxygens (including phenoxy) is 2. The summed E-state index contributed by atoms with van der Waals surface area (Å²) in [6.45, 7) is 0.607. The molecule has 0 bridgehead atoms. The second-order valence-electron chi connectivity index (χ2n) is 6.68. The van der Waals surface area contributed by atoms with Crippen LogP contribution in [0.1, 0.15) is 35.9 Å². The van der Waals surface area contributed by atoms with E-state index in [4.69, 9.17) is 26.1 Å². The van der Waals surface area contributed by atoms with Crippen molar-refractivity contribution < 1.29 is 18.7 Å². The molecule has 1 aromatic carbocycles. The van der Waals surface area contributed by atoms with E-state index in [0.29, 0.717) is 34.3 Å². The summed E-state index contributed by atoms with van der Waals surface area (Å²) in [5.41, 5.74) is 1.42. The molecular weight excluding hydrogens is 417 g/mol. The van der Waals surface area contributed by atoms with Crippen LogP contribution in [0.5, 0.6) is 0 Å². The third kappa shape index (κ3) is 4.05. The maximum atomic E-state index is 13.6. The van der Waals surface area contributed by atoms with E-state index in [1.165, 1.54) is 30.6 Å². The Hall–Kier alpha value is -2.29. The van der Waals surface area contributed by atoms with Gasteiger partial charge in [-0.3, -0.25) is 4.99 Å². The van der Waals surface area contributed by atoms with Crippen LogP contribution in [-0.2, 0) is 14.3 Å². The van der Waals surface area contributed by atoms with Crippen LogP contribution in [0, 0.1) is 5.82 Å². The molecule has 2 aliphatic heterocycles. The van der Waals surface area contributed by atoms with Crippen LogP contribution < -0.4 is 5.32 Å². The Morgan fingerprint density at radius 2 is 2.28 bits per heavy atom. The minimum Gasteiger partial charge on any atom is -0.466 e. The molecule has 2 atom stereocenters. The molecule has 0 radical (unpaired) electrons. The maximum absolute atomic E-state index is 13.6. The first-order valence-electron chi connectivity index (χ1n) is 9.22. The lowest BCUT2D eigenvalue weighted by Crippen LogP contribution is -2.40. The second kappa shape index (κ2) is 8.61. The van der Waals surface area contributed by atoms with Gasteiger partial charge in [0.25, 0.3) is 0 Å². The maximum Gasteiger partial charge on any atom is 0.338 e. The highest BCUT2D eigenvalue weighted by atomic mass is 35.5. The number of nitrogens with one attached hydrogen (secondary N) is 1. The Balaban J connectivity index is 1.88. The van der Waals surface area contributed by atoms with Gasteiger partial charge in [0, 0.05) is 28.8 Å². The average molecular weight is 436 g/mol. The van der Waals surface area contributed by atoms with E-state index < -0.39 is 17.8 Å². The van der Waals surface area contributed by atoms with Gasteiger partial charge < -0.3 is 14.8 Å². The van der Waals surface area contributed by atoms with Crippen molar-refractivity contribution in [3.05, 3.63) is 62.5 Å². The molecule has 1 saturated heterocycles. The number of nitrogens with zero attached hydrogens (tertiary/aromatic N) is 2. The number of halogens is 2. The Morgan fingerprint density at radius 1 is 1.41 bits per heavy atom. The predicted octanol–water partition coefficient (Wildman–Crippen LogP) is 4.02. The van der Waals surface area contributed by atoms with Gasteiger partial charge in [0.2, 0.25) is 0 Å². The van der Waals surface area contributed by atoms with Crippen molar-refractivity contribution in [2.75, 3.05) is 13.7 Å². The number of esters is 1. The molecular formula is C20H19ClFN3O3S. The van der Waals surface area contributed by atoms with Crippen LogP contribution in [0.2, 0.25) is 5.02 Å². The fourth-order valence-corrected chi connectivity index (χ4v) is 4.38. The summed E-state index contributed by atoms with van der Waals surface area (Å²) in [5.74, 6) is -0.479. The number of amidine groups is 1. The summed E-state index contributed by atoms with van der Waals surface area (Å²) >= 11 is 7.75. The molecule has 2 aromatic rings. The largest absolute Gasteiger partial charge is 0.466 e. The summed E-state index contributed by atoms with van der Waals surface area (Å²) in [7, 11) is 1.32. The summed E-state index contributed by atoms with van der Waals surface area (Å²) in [6, 6.07) is 3.28. The summed E-state index contributed by atoms with van der Waals surface area (Å²) in [4.78, 5) is 21.8. The fourth-order valence-electron chi connectivity index (χ4n) is 3.52. The standard InChI is InChI=1S/C20H19ClFN3O3S/c1-27-20(26)15-16(12-6-5-11(22)10-13(12)21)24-18(19-23-7-9-29-19)25-17(15)14-4-2-3-8-28-14/h5-7,9-10,14,16H,2-4,8H2,1H3,(H,24,25). The van der Waals surface area contributed by atoms with Crippen molar-refractivity contribution in [3.8, 4) is 0 Å². The first kappa shape index (κ1) is 20.0. The van der Waals surface area contributed by atoms with Gasteiger partial charge in [0.05, 0.1) is 24.5 Å². The minimum absolute atomic E-state index is 0.185. The molecule has 3 heterocycles. The smallest absolute Gasteiger partial charge is 0.338 e. The van der Waals surface area contributed by atoms with E-state index in [1.54, 1.807) is 12.3 Å². The number of benzene rings is 1. The third-order valence-corrected chi connectivity index (χ3v) is 5.98. The molecule has 2 unspecified atom stereocenters. The van der Waals surface area contributed by atoms with Gasteiger partial charge in [-0.2, -0.15) is 0 Å². The van der Waals surface area contributed by atoms with E-state index in [2.05, 4.69) is 10.3 Å². The van der Waals surface area contributed by atoms with Gasteiger partial charge in [-0.05, 0) is 31.4 Å². The molecule has 4 rings (SSSR count). The van der Waals surface area contributed by atoms with Gasteiger partial charge in [0.15, 0.2) is 10.8 Å². The zero-order valence-electron chi connectivity index (χ0n) is 15.7. The van der Waals surface area contributed by atoms with Gasteiger partial charge in [-0.1, -0.05) is 17.7 Å². The molecule has 9 heteroatoms. The zero-order valence-corrected chi connectivity index (χ0v) is 17.2. The number of rotatable bonds is 4. The number of methoxy groups -OCH3 is 1. The van der Waals surface area contributed by atoms with Crippen molar-refractivity contribution in [1.82, 2.24) is 10.3 Å². The normalized spacial score (nSPS) is 22.1. The number of aromatic nitrogens is 1. The van der Waals surface area contributed by atoms with E-state index in [9.17, 15) is 9.18 Å². The molecule has 1 aromatic heterocycles. The number of thiazole rings is 1. The highest BCUT2D eigenvalue weighted by molar-refractivity contribution is 7.11. The number of hydrogen-bond donors (Lipinski definition) is 1. The Labute approximate surface area is 176 Å². The summed E-state index contributed by atoms with van der Waals surface area (Å²) < 4.78 is 24.6. The first-order valence-corrected chi connectivity index (χ1v) is 10.5. The van der Waals surface area contributed by atoms with Gasteiger partial charge in [-0.25, -0.2) is 14.2 Å². The monoisotopic (exact) mass is 435 g/mol. The molecule has 0 aliphatic carbocycles. The van der Waals surface area contributed by atoms with Gasteiger partial charge >= 0.3 is 5.97 Å². The quantitative estimate of drug-likeness (QED) is 0.734. The molecule has 0 amide bonds. The molecule has 0 spiro atoms. The average Bonchev–Trinajstić information content (AvgIpc) is 3.28. The lowest BCUT2D eigenvalue weighted by Gasteiger charge is -2.33. The molecule has 29 heavy (non-hydrogen) atoms. The number of carbonyl (C=O) groups is 1. The molecule has 152 valence electrons. The van der Waals surface area contributed by atoms with Crippen LogP contribution in [0.4, 0.5) is 4.39 Å². The van der Waals surface area contributed by atoms with Crippen LogP contribution in [-0.4, -0.2) is 36.6 Å². The van der Waals surface area contributed by atoms with E-state index in [1.807, 2.05) is 5.38 Å². The Kier molecular flexibility index (Phi) is 5.94. The molecule has 1 N–H and O–H groups in total. The summed E-state index contributed by atoms with van der Waals surface area (Å²) in [6.07, 6.45) is 4.09. The van der Waals surface area contributed by atoms with E-state index in [-0.39, 0.29) is 11.1 Å². The number of carbonyl (C=O) groups excluding carboxylic acids is 1. The lowest BCUT2D eigenvalue weighted by atomic mass is 9.92. The fraction of sp³-hybridized carbons (Fsp3) is 0.350. The number of aliphatic imine (C=N–C) groups is 1. The Bertz CT molecular complexity index is 971. The molecule has 2 aliphatic rings. The third-order valence-electron chi connectivity index (χ3n) is 4.87. The zero-order chi connectivity index (χ0) is 20.4. The topological polar surface area (TPSA) is 72.8 Å². The van der Waals surface area contributed by atoms with Gasteiger partial charge in [0.1, 0.15) is 11.9 Å². The van der Waals surface area contributed by atoms with Crippen molar-refractivity contribution in [3.63, 3.8) is 0 Å². The summed E-state index contributed by atoms with van der Waals surface area (Å²) in [5, 5.41) is 5.96. The van der Waals surface area contributed by atoms with Crippen LogP contribution >= 0.6 is 22.9 Å². The van der Waals surface area contributed by atoms with Crippen LogP contribution in [0.3, 0.4) is 0 Å². The van der Waals surface area contributed by atoms with E-state index >= 15 is 0 Å². The highest BCUT2D eigenvalue weighted by Crippen LogP contribution is 2.38.